The molecule has 0 saturated carbocycles. The predicted molar refractivity (Wildman–Crippen MR) is 78.2 cm³/mol. The molecule has 1 aliphatic heterocycles. The molecule has 3 rings (SSSR count). The number of halogens is 2. The number of pyridine rings is 1. The molecular weight excluding hydrogens is 311 g/mol. The summed E-state index contributed by atoms with van der Waals surface area (Å²) in [6.45, 7) is 1.24. The van der Waals surface area contributed by atoms with E-state index in [1.807, 2.05) is 4.90 Å². The van der Waals surface area contributed by atoms with E-state index in [9.17, 15) is 9.18 Å². The molecule has 3 heterocycles. The second kappa shape index (κ2) is 5.88. The van der Waals surface area contributed by atoms with Crippen molar-refractivity contribution in [2.24, 2.45) is 5.73 Å². The molecule has 1 aliphatic rings. The van der Waals surface area contributed by atoms with E-state index in [2.05, 4.69) is 15.3 Å². The zero-order chi connectivity index (χ0) is 15.7. The lowest BCUT2D eigenvalue weighted by Gasteiger charge is -2.33. The molecule has 116 valence electrons. The summed E-state index contributed by atoms with van der Waals surface area (Å²) in [5, 5.41) is 7.96. The Hall–Kier alpha value is -2.22. The Morgan fingerprint density at radius 3 is 2.68 bits per heavy atom. The summed E-state index contributed by atoms with van der Waals surface area (Å²) in [4.78, 5) is 16.7. The normalized spacial score (nSPS) is 16.0. The van der Waals surface area contributed by atoms with Crippen LogP contribution in [0.5, 0.6) is 0 Å². The van der Waals surface area contributed by atoms with Crippen LogP contribution in [-0.2, 0) is 0 Å². The summed E-state index contributed by atoms with van der Waals surface area (Å²) in [6.07, 6.45) is 5.61. The maximum atomic E-state index is 13.9. The fraction of sp³-hybridized carbons (Fsp3) is 0.385. The van der Waals surface area contributed by atoms with Gasteiger partial charge in [-0.2, -0.15) is 0 Å². The second-order valence-electron chi connectivity index (χ2n) is 5.12. The quantitative estimate of drug-likeness (QED) is 0.921. The monoisotopic (exact) mass is 324 g/mol. The molecule has 0 bridgehead atoms. The molecule has 0 aliphatic carbocycles. The Morgan fingerprint density at radius 1 is 1.36 bits per heavy atom. The topological polar surface area (TPSA) is 89.9 Å². The molecule has 0 spiro atoms. The van der Waals surface area contributed by atoms with E-state index in [4.69, 9.17) is 17.3 Å². The Balaban J connectivity index is 1.71. The van der Waals surface area contributed by atoms with E-state index in [1.165, 1.54) is 6.20 Å². The van der Waals surface area contributed by atoms with Gasteiger partial charge in [-0.3, -0.25) is 9.78 Å². The van der Waals surface area contributed by atoms with Crippen molar-refractivity contribution >= 4 is 23.2 Å². The van der Waals surface area contributed by atoms with Crippen LogP contribution in [-0.4, -0.2) is 39.0 Å². The molecule has 1 amide bonds. The van der Waals surface area contributed by atoms with Gasteiger partial charge >= 0.3 is 0 Å². The molecule has 1 saturated heterocycles. The molecule has 0 aromatic carbocycles. The third-order valence-electron chi connectivity index (χ3n) is 3.75. The average Bonchev–Trinajstić information content (AvgIpc) is 2.98. The van der Waals surface area contributed by atoms with Crippen LogP contribution in [0.25, 0.3) is 0 Å². The zero-order valence-corrected chi connectivity index (χ0v) is 12.4. The predicted octanol–water partition coefficient (Wildman–Crippen LogP) is 1.41. The van der Waals surface area contributed by atoms with Gasteiger partial charge < -0.3 is 10.6 Å². The van der Waals surface area contributed by atoms with Crippen molar-refractivity contribution in [3.63, 3.8) is 0 Å². The first-order valence-electron chi connectivity index (χ1n) is 6.82. The number of amides is 1. The van der Waals surface area contributed by atoms with Crippen LogP contribution in [0.2, 0.25) is 5.02 Å². The first-order chi connectivity index (χ1) is 10.6. The number of aromatic nitrogens is 4. The van der Waals surface area contributed by atoms with Gasteiger partial charge in [0, 0.05) is 19.3 Å². The Labute approximate surface area is 130 Å². The van der Waals surface area contributed by atoms with Crippen molar-refractivity contribution in [1.82, 2.24) is 20.0 Å². The number of carbonyl (C=O) groups excluding carboxylic acids is 1. The minimum atomic E-state index is -0.602. The lowest BCUT2D eigenvalue weighted by molar-refractivity contribution is 0.0995. The molecule has 0 unspecified atom stereocenters. The summed E-state index contributed by atoms with van der Waals surface area (Å²) in [5.74, 6) is -1.03. The molecule has 9 heteroatoms. The number of piperidine rings is 1. The highest BCUT2D eigenvalue weighted by Gasteiger charge is 2.25. The Kier molecular flexibility index (Phi) is 3.93. The molecule has 0 radical (unpaired) electrons. The summed E-state index contributed by atoms with van der Waals surface area (Å²) in [6, 6.07) is 0.0977. The molecule has 0 atom stereocenters. The molecule has 22 heavy (non-hydrogen) atoms. The average molecular weight is 325 g/mol. The number of hydrogen-bond acceptors (Lipinski definition) is 5. The Bertz CT molecular complexity index is 677. The van der Waals surface area contributed by atoms with Gasteiger partial charge in [0.2, 0.25) is 0 Å². The van der Waals surface area contributed by atoms with Gasteiger partial charge in [0.1, 0.15) is 0 Å². The van der Waals surface area contributed by atoms with Gasteiger partial charge in [0.25, 0.3) is 5.91 Å². The number of nitrogens with two attached hydrogens (primary N) is 1. The van der Waals surface area contributed by atoms with Gasteiger partial charge in [0.15, 0.2) is 11.5 Å². The van der Waals surface area contributed by atoms with E-state index in [1.54, 1.807) is 10.9 Å². The molecule has 2 N–H and O–H groups in total. The van der Waals surface area contributed by atoms with E-state index >= 15 is 0 Å². The maximum absolute atomic E-state index is 13.9. The van der Waals surface area contributed by atoms with Crippen molar-refractivity contribution in [3.05, 3.63) is 35.1 Å². The van der Waals surface area contributed by atoms with Crippen LogP contribution in [0.15, 0.2) is 18.6 Å². The summed E-state index contributed by atoms with van der Waals surface area (Å²) in [7, 11) is 0. The van der Waals surface area contributed by atoms with E-state index < -0.39 is 11.7 Å². The van der Waals surface area contributed by atoms with Crippen molar-refractivity contribution < 1.29 is 9.18 Å². The summed E-state index contributed by atoms with van der Waals surface area (Å²) in [5.41, 5.74) is 5.69. The van der Waals surface area contributed by atoms with E-state index in [0.717, 1.165) is 19.0 Å². The van der Waals surface area contributed by atoms with Crippen LogP contribution in [0.1, 0.15) is 29.4 Å². The minimum Gasteiger partial charge on any atom is -0.368 e. The number of primary amides is 1. The summed E-state index contributed by atoms with van der Waals surface area (Å²) >= 11 is 6.03. The number of nitrogens with zero attached hydrogens (tertiary/aromatic N) is 5. The first-order valence-corrected chi connectivity index (χ1v) is 7.19. The SMILES string of the molecule is NC(=O)c1cn(C2CCN(c3c(F)cncc3Cl)CC2)nn1. The highest BCUT2D eigenvalue weighted by Crippen LogP contribution is 2.32. The van der Waals surface area contributed by atoms with Crippen molar-refractivity contribution in [2.45, 2.75) is 18.9 Å². The van der Waals surface area contributed by atoms with Gasteiger partial charge in [0.05, 0.1) is 29.1 Å². The van der Waals surface area contributed by atoms with Crippen molar-refractivity contribution in [3.8, 4) is 0 Å². The third-order valence-corrected chi connectivity index (χ3v) is 4.02. The molecule has 2 aromatic rings. The molecule has 7 nitrogen and oxygen atoms in total. The molecule has 2 aromatic heterocycles. The van der Waals surface area contributed by atoms with Crippen LogP contribution in [0.3, 0.4) is 0 Å². The van der Waals surface area contributed by atoms with Crippen molar-refractivity contribution in [1.29, 1.82) is 0 Å². The smallest absolute Gasteiger partial charge is 0.270 e. The van der Waals surface area contributed by atoms with Crippen LogP contribution in [0.4, 0.5) is 10.1 Å². The van der Waals surface area contributed by atoms with Gasteiger partial charge in [-0.15, -0.1) is 5.10 Å². The van der Waals surface area contributed by atoms with Crippen LogP contribution in [0, 0.1) is 5.82 Å². The summed E-state index contributed by atoms with van der Waals surface area (Å²) < 4.78 is 15.5. The minimum absolute atomic E-state index is 0.0977. The standard InChI is InChI=1S/C13H14ClFN6O/c14-9-5-17-6-10(15)12(9)20-3-1-8(2-4-20)21-7-11(13(16)22)18-19-21/h5-8H,1-4H2,(H2,16,22). The number of anilines is 1. The number of carbonyl (C=O) groups is 1. The first kappa shape index (κ1) is 14.7. The Morgan fingerprint density at radius 2 is 2.09 bits per heavy atom. The highest BCUT2D eigenvalue weighted by atomic mass is 35.5. The van der Waals surface area contributed by atoms with Gasteiger partial charge in [-0.05, 0) is 12.8 Å². The highest BCUT2D eigenvalue weighted by molar-refractivity contribution is 6.33. The number of hydrogen-bond donors (Lipinski definition) is 1. The largest absolute Gasteiger partial charge is 0.368 e. The lowest BCUT2D eigenvalue weighted by atomic mass is 10.0. The second-order valence-corrected chi connectivity index (χ2v) is 5.53. The van der Waals surface area contributed by atoms with Gasteiger partial charge in [-0.1, -0.05) is 16.8 Å². The maximum Gasteiger partial charge on any atom is 0.270 e. The van der Waals surface area contributed by atoms with Gasteiger partial charge in [-0.25, -0.2) is 9.07 Å². The lowest BCUT2D eigenvalue weighted by Crippen LogP contribution is -2.35. The molecule has 1 fully saturated rings. The van der Waals surface area contributed by atoms with E-state index in [-0.39, 0.29) is 11.7 Å². The third kappa shape index (κ3) is 2.74. The zero-order valence-electron chi connectivity index (χ0n) is 11.6. The fourth-order valence-electron chi connectivity index (χ4n) is 2.63. The van der Waals surface area contributed by atoms with Crippen molar-refractivity contribution in [2.75, 3.05) is 18.0 Å². The fourth-order valence-corrected chi connectivity index (χ4v) is 2.89. The number of rotatable bonds is 3. The molecular formula is C13H14ClFN6O. The van der Waals surface area contributed by atoms with Crippen LogP contribution >= 0.6 is 11.6 Å². The van der Waals surface area contributed by atoms with E-state index in [0.29, 0.717) is 23.8 Å². The van der Waals surface area contributed by atoms with Crippen LogP contribution < -0.4 is 10.6 Å².